The topological polar surface area (TPSA) is 74.2 Å². The molecule has 2 heterocycles. The third-order valence-corrected chi connectivity index (χ3v) is 4.74. The lowest BCUT2D eigenvalue weighted by molar-refractivity contribution is -0.125. The Morgan fingerprint density at radius 2 is 2.05 bits per heavy atom. The molecule has 0 aromatic heterocycles. The summed E-state index contributed by atoms with van der Waals surface area (Å²) in [5.41, 5.74) is -0.668. The van der Waals surface area contributed by atoms with Crippen LogP contribution in [0.15, 0.2) is 0 Å². The monoisotopic (exact) mass is 263 g/mol. The van der Waals surface area contributed by atoms with Gasteiger partial charge in [0.05, 0.1) is 17.8 Å². The number of hydrogen-bond acceptors (Lipinski definition) is 4. The number of nitrogens with one attached hydrogen (secondary N) is 2. The molecule has 2 saturated heterocycles. The summed E-state index contributed by atoms with van der Waals surface area (Å²) in [7, 11) is 0. The van der Waals surface area contributed by atoms with Crippen molar-refractivity contribution in [1.29, 1.82) is 5.26 Å². The van der Waals surface area contributed by atoms with Gasteiger partial charge in [0.2, 0.25) is 5.91 Å². The first-order chi connectivity index (χ1) is 9.18. The molecule has 1 aliphatic carbocycles. The summed E-state index contributed by atoms with van der Waals surface area (Å²) in [6.07, 6.45) is 5.78. The van der Waals surface area contributed by atoms with E-state index in [0.29, 0.717) is 19.4 Å². The predicted octanol–water partition coefficient (Wildman–Crippen LogP) is 0.708. The van der Waals surface area contributed by atoms with Gasteiger partial charge in [0.25, 0.3) is 0 Å². The lowest BCUT2D eigenvalue weighted by atomic mass is 9.89. The molecule has 3 aliphatic rings. The number of carbonyl (C=O) groups is 1. The molecule has 1 amide bonds. The molecule has 0 aromatic carbocycles. The number of ether oxygens (including phenoxy) is 1. The molecule has 0 bridgehead atoms. The van der Waals surface area contributed by atoms with Crippen LogP contribution in [0.5, 0.6) is 0 Å². The number of rotatable bonds is 3. The van der Waals surface area contributed by atoms with E-state index in [9.17, 15) is 4.79 Å². The summed E-state index contributed by atoms with van der Waals surface area (Å²) in [6, 6.07) is 2.12. The second-order valence-corrected chi connectivity index (χ2v) is 6.12. The Kier molecular flexibility index (Phi) is 3.23. The van der Waals surface area contributed by atoms with Gasteiger partial charge in [0, 0.05) is 6.54 Å². The molecule has 0 unspecified atom stereocenters. The Labute approximate surface area is 113 Å². The van der Waals surface area contributed by atoms with Crippen LogP contribution in [0.2, 0.25) is 0 Å². The summed E-state index contributed by atoms with van der Waals surface area (Å²) in [5, 5.41) is 15.2. The lowest BCUT2D eigenvalue weighted by Crippen LogP contribution is -2.43. The van der Waals surface area contributed by atoms with Crippen molar-refractivity contribution in [3.8, 4) is 6.07 Å². The number of nitrogens with zero attached hydrogens (tertiary/aromatic N) is 1. The minimum absolute atomic E-state index is 0.0488. The average molecular weight is 263 g/mol. The van der Waals surface area contributed by atoms with E-state index in [1.54, 1.807) is 0 Å². The summed E-state index contributed by atoms with van der Waals surface area (Å²) in [4.78, 5) is 11.9. The fourth-order valence-corrected chi connectivity index (χ4v) is 3.18. The highest BCUT2D eigenvalue weighted by Crippen LogP contribution is 2.45. The van der Waals surface area contributed by atoms with Crippen LogP contribution in [0.25, 0.3) is 0 Å². The van der Waals surface area contributed by atoms with E-state index in [1.807, 2.05) is 0 Å². The third kappa shape index (κ3) is 2.47. The summed E-state index contributed by atoms with van der Waals surface area (Å²) in [6.45, 7) is 2.60. The van der Waals surface area contributed by atoms with Crippen LogP contribution in [-0.4, -0.2) is 37.2 Å². The predicted molar refractivity (Wildman–Crippen MR) is 69.2 cm³/mol. The van der Waals surface area contributed by atoms with Crippen molar-refractivity contribution in [2.24, 2.45) is 5.41 Å². The summed E-state index contributed by atoms with van der Waals surface area (Å²) < 4.78 is 6.17. The molecule has 0 aromatic rings. The number of carbonyl (C=O) groups excluding carboxylic acids is 1. The van der Waals surface area contributed by atoms with E-state index in [1.165, 1.54) is 0 Å². The van der Waals surface area contributed by atoms with Crippen LogP contribution < -0.4 is 10.6 Å². The van der Waals surface area contributed by atoms with E-state index in [4.69, 9.17) is 10.00 Å². The van der Waals surface area contributed by atoms with E-state index in [0.717, 1.165) is 38.8 Å². The fraction of sp³-hybridized carbons (Fsp3) is 0.857. The number of nitriles is 1. The van der Waals surface area contributed by atoms with Gasteiger partial charge in [-0.15, -0.1) is 0 Å². The van der Waals surface area contributed by atoms with Crippen LogP contribution >= 0.6 is 0 Å². The normalized spacial score (nSPS) is 30.8. The van der Waals surface area contributed by atoms with Crippen LogP contribution in [0, 0.1) is 16.7 Å². The van der Waals surface area contributed by atoms with Crippen LogP contribution in [0.3, 0.4) is 0 Å². The molecule has 1 saturated carbocycles. The first-order valence-corrected chi connectivity index (χ1v) is 7.26. The van der Waals surface area contributed by atoms with Crippen molar-refractivity contribution in [3.05, 3.63) is 0 Å². The van der Waals surface area contributed by atoms with E-state index >= 15 is 0 Å². The lowest BCUT2D eigenvalue weighted by Gasteiger charge is -2.33. The zero-order valence-corrected chi connectivity index (χ0v) is 11.2. The minimum Gasteiger partial charge on any atom is -0.370 e. The Hall–Kier alpha value is -1.12. The van der Waals surface area contributed by atoms with E-state index in [2.05, 4.69) is 16.7 Å². The maximum atomic E-state index is 11.9. The summed E-state index contributed by atoms with van der Waals surface area (Å²) in [5.74, 6) is -0.107. The highest BCUT2D eigenvalue weighted by Gasteiger charge is 2.51. The summed E-state index contributed by atoms with van der Waals surface area (Å²) >= 11 is 0. The SMILES string of the molecule is N#CC1(C(=O)NC[C@H]2CCC3(CCNCC3)O2)CC1. The molecule has 3 rings (SSSR count). The van der Waals surface area contributed by atoms with E-state index in [-0.39, 0.29) is 17.6 Å². The highest BCUT2D eigenvalue weighted by atomic mass is 16.5. The zero-order valence-electron chi connectivity index (χ0n) is 11.2. The average Bonchev–Trinajstić information content (AvgIpc) is 3.16. The smallest absolute Gasteiger partial charge is 0.240 e. The van der Waals surface area contributed by atoms with Crippen molar-refractivity contribution < 1.29 is 9.53 Å². The zero-order chi connectivity index (χ0) is 13.3. The highest BCUT2D eigenvalue weighted by molar-refractivity contribution is 5.88. The van der Waals surface area contributed by atoms with Gasteiger partial charge in [-0.1, -0.05) is 0 Å². The first-order valence-electron chi connectivity index (χ1n) is 7.26. The Balaban J connectivity index is 1.47. The van der Waals surface area contributed by atoms with Gasteiger partial charge in [0.15, 0.2) is 0 Å². The van der Waals surface area contributed by atoms with Gasteiger partial charge >= 0.3 is 0 Å². The number of hydrogen-bond donors (Lipinski definition) is 2. The Morgan fingerprint density at radius 3 is 2.68 bits per heavy atom. The van der Waals surface area contributed by atoms with Crippen molar-refractivity contribution in [1.82, 2.24) is 10.6 Å². The third-order valence-electron chi connectivity index (χ3n) is 4.74. The molecule has 1 atom stereocenters. The molecule has 1 spiro atoms. The maximum absolute atomic E-state index is 11.9. The molecule has 19 heavy (non-hydrogen) atoms. The van der Waals surface area contributed by atoms with Gasteiger partial charge in [-0.3, -0.25) is 4.79 Å². The van der Waals surface area contributed by atoms with Crippen molar-refractivity contribution in [3.63, 3.8) is 0 Å². The largest absolute Gasteiger partial charge is 0.370 e. The Bertz CT molecular complexity index is 405. The quantitative estimate of drug-likeness (QED) is 0.786. The molecule has 0 radical (unpaired) electrons. The van der Waals surface area contributed by atoms with Crippen LogP contribution in [-0.2, 0) is 9.53 Å². The van der Waals surface area contributed by atoms with Gasteiger partial charge in [-0.2, -0.15) is 5.26 Å². The van der Waals surface area contributed by atoms with Crippen LogP contribution in [0.1, 0.15) is 38.5 Å². The molecular weight excluding hydrogens is 242 g/mol. The van der Waals surface area contributed by atoms with Gasteiger partial charge in [-0.05, 0) is 51.6 Å². The first kappa shape index (κ1) is 12.9. The van der Waals surface area contributed by atoms with Crippen molar-refractivity contribution >= 4 is 5.91 Å². The van der Waals surface area contributed by atoms with E-state index < -0.39 is 5.41 Å². The maximum Gasteiger partial charge on any atom is 0.240 e. The van der Waals surface area contributed by atoms with Crippen LogP contribution in [0.4, 0.5) is 0 Å². The van der Waals surface area contributed by atoms with Crippen molar-refractivity contribution in [2.75, 3.05) is 19.6 Å². The molecule has 3 fully saturated rings. The van der Waals surface area contributed by atoms with Crippen molar-refractivity contribution in [2.45, 2.75) is 50.2 Å². The minimum atomic E-state index is -0.717. The number of piperidine rings is 1. The van der Waals surface area contributed by atoms with Gasteiger partial charge in [-0.25, -0.2) is 0 Å². The standard InChI is InChI=1S/C14H21N3O2/c15-10-13(3-4-13)12(18)17-9-11-1-2-14(19-11)5-7-16-8-6-14/h11,16H,1-9H2,(H,17,18)/t11-/m1/s1. The Morgan fingerprint density at radius 1 is 1.32 bits per heavy atom. The fourth-order valence-electron chi connectivity index (χ4n) is 3.18. The second kappa shape index (κ2) is 4.77. The molecule has 104 valence electrons. The molecule has 5 heteroatoms. The molecule has 5 nitrogen and oxygen atoms in total. The number of amides is 1. The second-order valence-electron chi connectivity index (χ2n) is 6.12. The molecular formula is C14H21N3O2. The molecule has 2 aliphatic heterocycles. The van der Waals surface area contributed by atoms with Gasteiger partial charge in [0.1, 0.15) is 5.41 Å². The molecule has 2 N–H and O–H groups in total. The van der Waals surface area contributed by atoms with Gasteiger partial charge < -0.3 is 15.4 Å².